The highest BCUT2D eigenvalue weighted by molar-refractivity contribution is 7.85. The van der Waals surface area contributed by atoms with E-state index < -0.39 is 16.2 Å². The van der Waals surface area contributed by atoms with Gasteiger partial charge in [-0.05, 0) is 19.4 Å². The minimum Gasteiger partial charge on any atom is -0.858 e. The first-order chi connectivity index (χ1) is 11.0. The van der Waals surface area contributed by atoms with Gasteiger partial charge in [0, 0.05) is 12.8 Å². The minimum absolute atomic E-state index is 0.0417. The summed E-state index contributed by atoms with van der Waals surface area (Å²) in [5.41, 5.74) is 0. The van der Waals surface area contributed by atoms with Crippen molar-refractivity contribution in [1.82, 2.24) is 0 Å². The zero-order valence-corrected chi connectivity index (χ0v) is 15.6. The topological polar surface area (TPSA) is 114 Å². The van der Waals surface area contributed by atoms with Gasteiger partial charge in [-0.1, -0.05) is 6.92 Å². The van der Waals surface area contributed by atoms with Gasteiger partial charge >= 0.3 is 16.3 Å². The molecule has 0 saturated heterocycles. The fraction of sp³-hybridized carbons (Fsp3) is 0.714. The molecular weight excluding hydrogens is 340 g/mol. The number of likely N-dealkylation sites (N-methyl/N-ethyl adjacent to an activating group) is 1. The average Bonchev–Trinajstić information content (AvgIpc) is 2.35. The number of ether oxygens (including phenoxy) is 2. The minimum atomic E-state index is -3.97. The van der Waals surface area contributed by atoms with Crippen molar-refractivity contribution in [1.29, 1.82) is 0 Å². The zero-order chi connectivity index (χ0) is 18.8. The highest BCUT2D eigenvalue weighted by atomic mass is 32.2. The molecule has 1 heterocycles. The molecule has 0 saturated carbocycles. The van der Waals surface area contributed by atoms with Crippen LogP contribution in [-0.4, -0.2) is 65.4 Å². The van der Waals surface area contributed by atoms with Gasteiger partial charge in [0.15, 0.2) is 6.73 Å². The summed E-state index contributed by atoms with van der Waals surface area (Å²) in [6, 6.07) is 0. The van der Waals surface area contributed by atoms with Crippen LogP contribution in [-0.2, 0) is 28.8 Å². The summed E-state index contributed by atoms with van der Waals surface area (Å²) >= 11 is 0. The second-order valence-corrected chi connectivity index (χ2v) is 6.94. The fourth-order valence-electron chi connectivity index (χ4n) is 1.48. The van der Waals surface area contributed by atoms with Crippen molar-refractivity contribution in [3.63, 3.8) is 0 Å². The molecule has 9 nitrogen and oxygen atoms in total. The quantitative estimate of drug-likeness (QED) is 0.268. The lowest BCUT2D eigenvalue weighted by Gasteiger charge is -2.28. The number of hydrogen-bond donors (Lipinski definition) is 0. The number of hydrogen-bond acceptors (Lipinski definition) is 7. The SMILES string of the molecule is CC1=CC([O-])=NS(=O)(=O)O1.CCCOC[N+](C)(C)CCOC(C)=O. The van der Waals surface area contributed by atoms with Gasteiger partial charge in [-0.15, -0.1) is 4.40 Å². The Labute approximate surface area is 143 Å². The molecule has 0 radical (unpaired) electrons. The molecule has 0 aromatic carbocycles. The van der Waals surface area contributed by atoms with E-state index in [2.05, 4.69) is 29.6 Å². The Balaban J connectivity index is 0.000000463. The lowest BCUT2D eigenvalue weighted by Crippen LogP contribution is -2.44. The Hall–Kier alpha value is -1.65. The van der Waals surface area contributed by atoms with Gasteiger partial charge in [-0.25, -0.2) is 0 Å². The van der Waals surface area contributed by atoms with E-state index in [-0.39, 0.29) is 11.7 Å². The third kappa shape index (κ3) is 11.9. The van der Waals surface area contributed by atoms with E-state index in [0.717, 1.165) is 25.6 Å². The molecule has 10 heteroatoms. The lowest BCUT2D eigenvalue weighted by molar-refractivity contribution is -0.909. The first-order valence-electron chi connectivity index (χ1n) is 7.40. The van der Waals surface area contributed by atoms with Crippen LogP contribution in [0.1, 0.15) is 27.2 Å². The maximum absolute atomic E-state index is 10.5. The van der Waals surface area contributed by atoms with E-state index in [4.69, 9.17) is 9.47 Å². The molecule has 0 spiro atoms. The summed E-state index contributed by atoms with van der Waals surface area (Å²) in [6.07, 6.45) is 2.03. The number of esters is 1. The monoisotopic (exact) mass is 366 g/mol. The molecule has 0 aromatic rings. The molecular formula is C14H26N2O7S. The second kappa shape index (κ2) is 10.3. The smallest absolute Gasteiger partial charge is 0.427 e. The molecule has 0 bridgehead atoms. The number of carbonyl (C=O) groups excluding carboxylic acids is 1. The van der Waals surface area contributed by atoms with Gasteiger partial charge in [-0.2, -0.15) is 8.42 Å². The number of allylic oxidation sites excluding steroid dienone is 1. The maximum atomic E-state index is 10.5. The second-order valence-electron chi connectivity index (χ2n) is 5.73. The van der Waals surface area contributed by atoms with Crippen LogP contribution in [0, 0.1) is 0 Å². The lowest BCUT2D eigenvalue weighted by atomic mass is 10.5. The Kier molecular flexibility index (Phi) is 9.56. The summed E-state index contributed by atoms with van der Waals surface area (Å²) in [4.78, 5) is 10.5. The van der Waals surface area contributed by atoms with E-state index in [0.29, 0.717) is 17.8 Å². The molecule has 1 aliphatic heterocycles. The van der Waals surface area contributed by atoms with Gasteiger partial charge in [-0.3, -0.25) is 4.79 Å². The van der Waals surface area contributed by atoms with Gasteiger partial charge in [0.1, 0.15) is 18.9 Å². The largest absolute Gasteiger partial charge is 0.858 e. The van der Waals surface area contributed by atoms with E-state index >= 15 is 0 Å². The van der Waals surface area contributed by atoms with Crippen molar-refractivity contribution in [3.8, 4) is 0 Å². The number of rotatable bonds is 7. The van der Waals surface area contributed by atoms with Crippen molar-refractivity contribution in [2.45, 2.75) is 27.2 Å². The number of nitrogens with zero attached hydrogens (tertiary/aromatic N) is 2. The standard InChI is InChI=1S/C10H22NO3.C4H5NO4S/c1-5-7-13-9-11(3,4)6-8-14-10(2)12;1-3-2-4(6)5-10(7,8)9-3/h5-9H2,1-4H3;2H,1H3,(H,5,6)/q+1;/p-1. The zero-order valence-electron chi connectivity index (χ0n) is 14.8. The van der Waals surface area contributed by atoms with Crippen LogP contribution in [0.5, 0.6) is 0 Å². The fourth-order valence-corrected chi connectivity index (χ4v) is 2.17. The Morgan fingerprint density at radius 2 is 2.00 bits per heavy atom. The van der Waals surface area contributed by atoms with Crippen LogP contribution < -0.4 is 5.11 Å². The van der Waals surface area contributed by atoms with E-state index in [1.807, 2.05) is 0 Å². The van der Waals surface area contributed by atoms with Crippen molar-refractivity contribution >= 4 is 22.2 Å². The van der Waals surface area contributed by atoms with Crippen LogP contribution in [0.3, 0.4) is 0 Å². The third-order valence-corrected chi connectivity index (χ3v) is 3.43. The molecule has 0 unspecified atom stereocenters. The van der Waals surface area contributed by atoms with Crippen LogP contribution in [0.2, 0.25) is 0 Å². The van der Waals surface area contributed by atoms with Crippen molar-refractivity contribution in [2.75, 3.05) is 40.6 Å². The van der Waals surface area contributed by atoms with Crippen LogP contribution >= 0.6 is 0 Å². The van der Waals surface area contributed by atoms with Crippen LogP contribution in [0.15, 0.2) is 16.2 Å². The molecule has 0 aromatic heterocycles. The average molecular weight is 366 g/mol. The Morgan fingerprint density at radius 3 is 2.46 bits per heavy atom. The number of quaternary nitrogens is 1. The van der Waals surface area contributed by atoms with Crippen LogP contribution in [0.25, 0.3) is 0 Å². The predicted octanol–water partition coefficient (Wildman–Crippen LogP) is -0.0660. The van der Waals surface area contributed by atoms with E-state index in [1.54, 1.807) is 0 Å². The van der Waals surface area contributed by atoms with Crippen molar-refractivity contribution in [3.05, 3.63) is 11.8 Å². The maximum Gasteiger partial charge on any atom is 0.427 e. The first-order valence-corrected chi connectivity index (χ1v) is 8.77. The van der Waals surface area contributed by atoms with E-state index in [1.165, 1.54) is 13.8 Å². The normalized spacial score (nSPS) is 16.0. The van der Waals surface area contributed by atoms with Crippen molar-refractivity contribution < 1.29 is 36.5 Å². The molecule has 1 aliphatic rings. The summed E-state index contributed by atoms with van der Waals surface area (Å²) in [7, 11) is 0.135. The van der Waals surface area contributed by atoms with Gasteiger partial charge in [0.25, 0.3) is 0 Å². The summed E-state index contributed by atoms with van der Waals surface area (Å²) < 4.78 is 38.8. The summed E-state index contributed by atoms with van der Waals surface area (Å²) in [6.45, 7) is 7.56. The summed E-state index contributed by atoms with van der Waals surface area (Å²) in [5.74, 6) is -0.983. The highest BCUT2D eigenvalue weighted by Crippen LogP contribution is 2.09. The molecule has 140 valence electrons. The Morgan fingerprint density at radius 1 is 1.38 bits per heavy atom. The molecule has 0 aliphatic carbocycles. The van der Waals surface area contributed by atoms with E-state index in [9.17, 15) is 18.3 Å². The molecule has 0 N–H and O–H groups in total. The highest BCUT2D eigenvalue weighted by Gasteiger charge is 2.15. The van der Waals surface area contributed by atoms with Crippen LogP contribution in [0.4, 0.5) is 0 Å². The van der Waals surface area contributed by atoms with Gasteiger partial charge in [0.05, 0.1) is 20.7 Å². The molecule has 0 fully saturated rings. The predicted molar refractivity (Wildman–Crippen MR) is 85.9 cm³/mol. The number of carbonyl (C=O) groups is 1. The summed E-state index contributed by atoms with van der Waals surface area (Å²) in [5, 5.41) is 10.4. The van der Waals surface area contributed by atoms with Crippen molar-refractivity contribution in [2.24, 2.45) is 4.40 Å². The Bertz CT molecular complexity index is 568. The molecule has 0 atom stereocenters. The van der Waals surface area contributed by atoms with Gasteiger partial charge in [0.2, 0.25) is 0 Å². The molecule has 1 rings (SSSR count). The molecule has 0 amide bonds. The molecule has 24 heavy (non-hydrogen) atoms. The first kappa shape index (κ1) is 22.4. The van der Waals surface area contributed by atoms with Gasteiger partial charge < -0.3 is 23.2 Å². The third-order valence-electron chi connectivity index (χ3n) is 2.56.